The first kappa shape index (κ1) is 21.6. The van der Waals surface area contributed by atoms with Crippen molar-refractivity contribution >= 4 is 23.2 Å². The first-order chi connectivity index (χ1) is 14.5. The summed E-state index contributed by atoms with van der Waals surface area (Å²) in [6.45, 7) is 4.58. The fourth-order valence-corrected chi connectivity index (χ4v) is 3.43. The number of hydrogen-bond donors (Lipinski definition) is 2. The Morgan fingerprint density at radius 2 is 1.67 bits per heavy atom. The Morgan fingerprint density at radius 3 is 2.27 bits per heavy atom. The van der Waals surface area contributed by atoms with Gasteiger partial charge in [-0.3, -0.25) is 9.59 Å². The number of carbonyl (C=O) groups is 2. The van der Waals surface area contributed by atoms with E-state index in [0.717, 1.165) is 18.6 Å². The van der Waals surface area contributed by atoms with Crippen LogP contribution in [0.5, 0.6) is 5.75 Å². The molecule has 5 heteroatoms. The molecule has 2 amide bonds. The highest BCUT2D eigenvalue weighted by Crippen LogP contribution is 2.24. The van der Waals surface area contributed by atoms with Gasteiger partial charge in [0, 0.05) is 6.42 Å². The van der Waals surface area contributed by atoms with E-state index < -0.39 is 0 Å². The molecule has 2 N–H and O–H groups in total. The van der Waals surface area contributed by atoms with Crippen molar-refractivity contribution in [3.63, 3.8) is 0 Å². The number of hydrogen-bond acceptors (Lipinski definition) is 3. The van der Waals surface area contributed by atoms with E-state index in [1.807, 2.05) is 36.4 Å². The van der Waals surface area contributed by atoms with E-state index in [-0.39, 0.29) is 24.8 Å². The maximum Gasteiger partial charge on any atom is 0.227 e. The van der Waals surface area contributed by atoms with E-state index in [2.05, 4.69) is 36.6 Å². The van der Waals surface area contributed by atoms with Crippen LogP contribution in [0.2, 0.25) is 0 Å². The molecule has 158 valence electrons. The van der Waals surface area contributed by atoms with Gasteiger partial charge in [0.05, 0.1) is 24.4 Å². The second-order valence-electron chi connectivity index (χ2n) is 7.93. The molecule has 0 heterocycles. The third-order valence-corrected chi connectivity index (χ3v) is 5.18. The maximum absolute atomic E-state index is 12.3. The Bertz CT molecular complexity index is 888. The lowest BCUT2D eigenvalue weighted by molar-refractivity contribution is -0.117. The predicted octanol–water partition coefficient (Wildman–Crippen LogP) is 5.51. The number of benzene rings is 2. The van der Waals surface area contributed by atoms with E-state index in [1.165, 1.54) is 5.56 Å². The Balaban J connectivity index is 1.47. The number of rotatable bonds is 9. The summed E-state index contributed by atoms with van der Waals surface area (Å²) in [5.74, 6) is 1.33. The number of allylic oxidation sites excluding steroid dienone is 2. The van der Waals surface area contributed by atoms with Crippen LogP contribution in [0.1, 0.15) is 51.0 Å². The van der Waals surface area contributed by atoms with Crippen molar-refractivity contribution in [1.82, 2.24) is 0 Å². The van der Waals surface area contributed by atoms with Crippen molar-refractivity contribution in [3.8, 4) is 5.75 Å². The quantitative estimate of drug-likeness (QED) is 0.539. The molecular formula is C25H30N2O3. The lowest BCUT2D eigenvalue weighted by Crippen LogP contribution is -2.19. The van der Waals surface area contributed by atoms with E-state index in [9.17, 15) is 9.59 Å². The molecule has 1 aliphatic rings. The molecule has 0 saturated carbocycles. The first-order valence-corrected chi connectivity index (χ1v) is 10.6. The van der Waals surface area contributed by atoms with Crippen LogP contribution in [0, 0.1) is 5.92 Å². The zero-order valence-corrected chi connectivity index (χ0v) is 17.7. The smallest absolute Gasteiger partial charge is 0.227 e. The molecule has 1 aliphatic carbocycles. The molecule has 0 spiro atoms. The fraction of sp³-hybridized carbons (Fsp3) is 0.360. The van der Waals surface area contributed by atoms with Crippen LogP contribution in [0.3, 0.4) is 0 Å². The molecule has 0 aliphatic heterocycles. The number of nitrogens with one attached hydrogen (secondary N) is 2. The zero-order valence-electron chi connectivity index (χ0n) is 17.7. The van der Waals surface area contributed by atoms with Crippen LogP contribution in [0.4, 0.5) is 11.4 Å². The van der Waals surface area contributed by atoms with E-state index in [4.69, 9.17) is 4.74 Å². The molecular weight excluding hydrogens is 376 g/mol. The van der Waals surface area contributed by atoms with Gasteiger partial charge in [0.2, 0.25) is 11.8 Å². The van der Waals surface area contributed by atoms with Crippen LogP contribution in [-0.4, -0.2) is 18.4 Å². The summed E-state index contributed by atoms with van der Waals surface area (Å²) in [6, 6.07) is 15.2. The minimum atomic E-state index is -0.158. The van der Waals surface area contributed by atoms with Gasteiger partial charge >= 0.3 is 0 Å². The van der Waals surface area contributed by atoms with Gasteiger partial charge in [-0.2, -0.15) is 0 Å². The van der Waals surface area contributed by atoms with Gasteiger partial charge in [-0.1, -0.05) is 50.3 Å². The third kappa shape index (κ3) is 6.48. The molecule has 0 bridgehead atoms. The average molecular weight is 407 g/mol. The van der Waals surface area contributed by atoms with E-state index in [0.29, 0.717) is 29.6 Å². The number of carbonyl (C=O) groups excluding carboxylic acids is 2. The fourth-order valence-electron chi connectivity index (χ4n) is 3.43. The maximum atomic E-state index is 12.3. The molecule has 1 atom stereocenters. The highest BCUT2D eigenvalue weighted by molar-refractivity contribution is 5.99. The summed E-state index contributed by atoms with van der Waals surface area (Å²) in [6.07, 6.45) is 6.96. The molecule has 0 aromatic heterocycles. The van der Waals surface area contributed by atoms with Crippen LogP contribution in [0.25, 0.3) is 0 Å². The first-order valence-electron chi connectivity index (χ1n) is 10.6. The third-order valence-electron chi connectivity index (χ3n) is 5.18. The summed E-state index contributed by atoms with van der Waals surface area (Å²) >= 11 is 0. The normalized spacial score (nSPS) is 15.2. The Kier molecular flexibility index (Phi) is 7.66. The van der Waals surface area contributed by atoms with Crippen molar-refractivity contribution in [2.45, 2.75) is 45.4 Å². The van der Waals surface area contributed by atoms with E-state index in [1.54, 1.807) is 12.1 Å². The Morgan fingerprint density at radius 1 is 1.00 bits per heavy atom. The van der Waals surface area contributed by atoms with Gasteiger partial charge in [-0.15, -0.1) is 0 Å². The summed E-state index contributed by atoms with van der Waals surface area (Å²) in [7, 11) is 0. The lowest BCUT2D eigenvalue weighted by atomic mass is 10.0. The van der Waals surface area contributed by atoms with Crippen molar-refractivity contribution in [1.29, 1.82) is 0 Å². The van der Waals surface area contributed by atoms with Crippen LogP contribution in [-0.2, 0) is 9.59 Å². The standard InChI is InChI=1S/C25H30N2O3/c1-18(2)20-11-13-21(14-12-20)30-16-15-24(28)26-22-9-5-6-10-23(22)27-25(29)17-19-7-3-4-8-19/h3,5-7,9-14,18-19H,4,8,15-17H2,1-2H3,(H,26,28)(H,27,29). The summed E-state index contributed by atoms with van der Waals surface area (Å²) in [5, 5.41) is 5.79. The predicted molar refractivity (Wildman–Crippen MR) is 121 cm³/mol. The van der Waals surface area contributed by atoms with Gasteiger partial charge < -0.3 is 15.4 Å². The zero-order chi connectivity index (χ0) is 21.3. The minimum Gasteiger partial charge on any atom is -0.493 e. The summed E-state index contributed by atoms with van der Waals surface area (Å²) < 4.78 is 5.68. The van der Waals surface area contributed by atoms with Gasteiger partial charge in [0.15, 0.2) is 0 Å². The summed E-state index contributed by atoms with van der Waals surface area (Å²) in [5.41, 5.74) is 2.46. The monoisotopic (exact) mass is 406 g/mol. The molecule has 3 rings (SSSR count). The molecule has 0 radical (unpaired) electrons. The van der Waals surface area contributed by atoms with Crippen LogP contribution in [0.15, 0.2) is 60.7 Å². The van der Waals surface area contributed by atoms with Crippen molar-refractivity contribution in [2.24, 2.45) is 5.92 Å². The Labute approximate surface area is 178 Å². The molecule has 5 nitrogen and oxygen atoms in total. The number of anilines is 2. The average Bonchev–Trinajstić information content (AvgIpc) is 3.23. The van der Waals surface area contributed by atoms with Crippen LogP contribution < -0.4 is 15.4 Å². The number of ether oxygens (including phenoxy) is 1. The minimum absolute atomic E-state index is 0.0403. The van der Waals surface area contributed by atoms with Crippen molar-refractivity contribution in [2.75, 3.05) is 17.2 Å². The number of para-hydroxylation sites is 2. The highest BCUT2D eigenvalue weighted by atomic mass is 16.5. The SMILES string of the molecule is CC(C)c1ccc(OCCC(=O)Nc2ccccc2NC(=O)CC2C=CCC2)cc1. The molecule has 2 aromatic rings. The molecule has 0 fully saturated rings. The van der Waals surface area contributed by atoms with Gasteiger partial charge in [-0.05, 0) is 54.5 Å². The topological polar surface area (TPSA) is 67.4 Å². The summed E-state index contributed by atoms with van der Waals surface area (Å²) in [4.78, 5) is 24.7. The van der Waals surface area contributed by atoms with Crippen molar-refractivity contribution in [3.05, 3.63) is 66.2 Å². The molecule has 0 saturated heterocycles. The van der Waals surface area contributed by atoms with Gasteiger partial charge in [0.1, 0.15) is 5.75 Å². The largest absolute Gasteiger partial charge is 0.493 e. The van der Waals surface area contributed by atoms with E-state index >= 15 is 0 Å². The second kappa shape index (κ2) is 10.6. The van der Waals surface area contributed by atoms with Crippen molar-refractivity contribution < 1.29 is 14.3 Å². The van der Waals surface area contributed by atoms with Crippen LogP contribution >= 0.6 is 0 Å². The van der Waals surface area contributed by atoms with Gasteiger partial charge in [0.25, 0.3) is 0 Å². The lowest BCUT2D eigenvalue weighted by Gasteiger charge is -2.14. The van der Waals surface area contributed by atoms with Gasteiger partial charge in [-0.25, -0.2) is 0 Å². The molecule has 2 aromatic carbocycles. The molecule has 1 unspecified atom stereocenters. The highest BCUT2D eigenvalue weighted by Gasteiger charge is 2.15. The molecule has 30 heavy (non-hydrogen) atoms. The second-order valence-corrected chi connectivity index (χ2v) is 7.93. The Hall–Kier alpha value is -3.08. The number of amides is 2.